The predicted octanol–water partition coefficient (Wildman–Crippen LogP) is 1.47. The van der Waals surface area contributed by atoms with Crippen LogP contribution in [0.3, 0.4) is 0 Å². The lowest BCUT2D eigenvalue weighted by atomic mass is 10.2. The van der Waals surface area contributed by atoms with Crippen molar-refractivity contribution in [2.24, 2.45) is 0 Å². The lowest BCUT2D eigenvalue weighted by molar-refractivity contribution is 0.295. The second-order valence-electron chi connectivity index (χ2n) is 4.46. The van der Waals surface area contributed by atoms with Crippen LogP contribution in [0.15, 0.2) is 0 Å². The van der Waals surface area contributed by atoms with Crippen LogP contribution in [-0.2, 0) is 0 Å². The Morgan fingerprint density at radius 1 is 1.50 bits per heavy atom. The van der Waals surface area contributed by atoms with Gasteiger partial charge in [-0.15, -0.1) is 0 Å². The molecule has 0 aliphatic heterocycles. The second kappa shape index (κ2) is 3.75. The Morgan fingerprint density at radius 2 is 2.08 bits per heavy atom. The molecule has 0 heterocycles. The van der Waals surface area contributed by atoms with Crippen molar-refractivity contribution in [2.75, 3.05) is 20.1 Å². The first kappa shape index (κ1) is 10.0. The normalized spacial score (nSPS) is 22.8. The van der Waals surface area contributed by atoms with E-state index in [1.165, 1.54) is 12.8 Å². The van der Waals surface area contributed by atoms with Gasteiger partial charge in [0.05, 0.1) is 0 Å². The first-order chi connectivity index (χ1) is 5.56. The molecular formula is C10H22N2. The van der Waals surface area contributed by atoms with E-state index in [0.29, 0.717) is 11.6 Å². The molecule has 2 nitrogen and oxygen atoms in total. The van der Waals surface area contributed by atoms with Gasteiger partial charge in [0.2, 0.25) is 0 Å². The first-order valence-electron chi connectivity index (χ1n) is 5.02. The maximum atomic E-state index is 3.65. The molecular weight excluding hydrogens is 148 g/mol. The van der Waals surface area contributed by atoms with Crippen LogP contribution < -0.4 is 5.32 Å². The predicted molar refractivity (Wildman–Crippen MR) is 53.4 cm³/mol. The maximum absolute atomic E-state index is 3.65. The standard InChI is InChI=1S/C10H22N2/c1-5-12(4)8-9(2)11-10(3)6-7-10/h9,11H,5-8H2,1-4H3. The van der Waals surface area contributed by atoms with Gasteiger partial charge in [-0.25, -0.2) is 0 Å². The van der Waals surface area contributed by atoms with Crippen LogP contribution >= 0.6 is 0 Å². The zero-order valence-electron chi connectivity index (χ0n) is 8.85. The first-order valence-corrected chi connectivity index (χ1v) is 5.02. The van der Waals surface area contributed by atoms with Crippen molar-refractivity contribution < 1.29 is 0 Å². The number of nitrogens with one attached hydrogen (secondary N) is 1. The molecule has 0 saturated heterocycles. The summed E-state index contributed by atoms with van der Waals surface area (Å²) in [7, 11) is 2.17. The van der Waals surface area contributed by atoms with E-state index in [1.807, 2.05) is 0 Å². The molecule has 0 aromatic rings. The second-order valence-corrected chi connectivity index (χ2v) is 4.46. The van der Waals surface area contributed by atoms with Crippen LogP contribution in [0.4, 0.5) is 0 Å². The fourth-order valence-corrected chi connectivity index (χ4v) is 1.57. The van der Waals surface area contributed by atoms with Crippen LogP contribution in [0.25, 0.3) is 0 Å². The number of likely N-dealkylation sites (N-methyl/N-ethyl adjacent to an activating group) is 1. The van der Waals surface area contributed by atoms with E-state index in [4.69, 9.17) is 0 Å². The molecule has 1 aliphatic carbocycles. The highest BCUT2D eigenvalue weighted by atomic mass is 15.1. The minimum absolute atomic E-state index is 0.480. The highest BCUT2D eigenvalue weighted by Gasteiger charge is 2.37. The Hall–Kier alpha value is -0.0800. The van der Waals surface area contributed by atoms with Gasteiger partial charge in [-0.1, -0.05) is 6.92 Å². The molecule has 0 bridgehead atoms. The maximum Gasteiger partial charge on any atom is 0.0171 e. The molecule has 1 saturated carbocycles. The summed E-state index contributed by atoms with van der Waals surface area (Å²) in [4.78, 5) is 2.35. The average molecular weight is 170 g/mol. The van der Waals surface area contributed by atoms with Gasteiger partial charge < -0.3 is 10.2 Å². The number of hydrogen-bond acceptors (Lipinski definition) is 2. The zero-order chi connectivity index (χ0) is 9.19. The monoisotopic (exact) mass is 170 g/mol. The smallest absolute Gasteiger partial charge is 0.0171 e. The van der Waals surface area contributed by atoms with Crippen LogP contribution in [0, 0.1) is 0 Å². The summed E-state index contributed by atoms with van der Waals surface area (Å²) < 4.78 is 0. The molecule has 0 aromatic heterocycles. The molecule has 12 heavy (non-hydrogen) atoms. The molecule has 1 aliphatic rings. The van der Waals surface area contributed by atoms with E-state index in [9.17, 15) is 0 Å². The van der Waals surface area contributed by atoms with Crippen molar-refractivity contribution in [3.05, 3.63) is 0 Å². The fourth-order valence-electron chi connectivity index (χ4n) is 1.57. The van der Waals surface area contributed by atoms with Gasteiger partial charge in [-0.05, 0) is 40.3 Å². The molecule has 1 fully saturated rings. The third-order valence-electron chi connectivity index (χ3n) is 2.72. The van der Waals surface area contributed by atoms with Gasteiger partial charge in [0.15, 0.2) is 0 Å². The number of hydrogen-bond donors (Lipinski definition) is 1. The molecule has 0 radical (unpaired) electrons. The lowest BCUT2D eigenvalue weighted by Gasteiger charge is -2.23. The van der Waals surface area contributed by atoms with Crippen LogP contribution in [0.5, 0.6) is 0 Å². The van der Waals surface area contributed by atoms with E-state index < -0.39 is 0 Å². The van der Waals surface area contributed by atoms with E-state index in [-0.39, 0.29) is 0 Å². The summed E-state index contributed by atoms with van der Waals surface area (Å²) in [5.41, 5.74) is 0.480. The third-order valence-corrected chi connectivity index (χ3v) is 2.72. The Bertz CT molecular complexity index is 141. The summed E-state index contributed by atoms with van der Waals surface area (Å²) in [5.74, 6) is 0. The van der Waals surface area contributed by atoms with Gasteiger partial charge in [0, 0.05) is 18.1 Å². The topological polar surface area (TPSA) is 15.3 Å². The highest BCUT2D eigenvalue weighted by Crippen LogP contribution is 2.34. The molecule has 0 aromatic carbocycles. The van der Waals surface area contributed by atoms with Crippen molar-refractivity contribution in [1.82, 2.24) is 10.2 Å². The number of rotatable bonds is 5. The molecule has 1 unspecified atom stereocenters. The van der Waals surface area contributed by atoms with Gasteiger partial charge in [0.25, 0.3) is 0 Å². The van der Waals surface area contributed by atoms with E-state index >= 15 is 0 Å². The minimum atomic E-state index is 0.480. The van der Waals surface area contributed by atoms with E-state index in [2.05, 4.69) is 38.0 Å². The van der Waals surface area contributed by atoms with Crippen molar-refractivity contribution in [3.63, 3.8) is 0 Å². The van der Waals surface area contributed by atoms with Crippen LogP contribution in [0.2, 0.25) is 0 Å². The molecule has 0 amide bonds. The SMILES string of the molecule is CCN(C)CC(C)NC1(C)CC1. The average Bonchev–Trinajstić information content (AvgIpc) is 2.67. The van der Waals surface area contributed by atoms with Crippen LogP contribution in [-0.4, -0.2) is 36.6 Å². The fraction of sp³-hybridized carbons (Fsp3) is 1.00. The third kappa shape index (κ3) is 3.11. The quantitative estimate of drug-likeness (QED) is 0.672. The van der Waals surface area contributed by atoms with Crippen molar-refractivity contribution in [3.8, 4) is 0 Å². The number of nitrogens with zero attached hydrogens (tertiary/aromatic N) is 1. The van der Waals surface area contributed by atoms with Crippen molar-refractivity contribution >= 4 is 0 Å². The molecule has 0 spiro atoms. The van der Waals surface area contributed by atoms with Crippen LogP contribution in [0.1, 0.15) is 33.6 Å². The Kier molecular flexibility index (Phi) is 3.13. The van der Waals surface area contributed by atoms with Gasteiger partial charge in [-0.2, -0.15) is 0 Å². The van der Waals surface area contributed by atoms with E-state index in [1.54, 1.807) is 0 Å². The highest BCUT2D eigenvalue weighted by molar-refractivity contribution is 4.98. The molecule has 1 N–H and O–H groups in total. The largest absolute Gasteiger partial charge is 0.308 e. The van der Waals surface area contributed by atoms with Crippen molar-refractivity contribution in [1.29, 1.82) is 0 Å². The molecule has 1 rings (SSSR count). The Labute approximate surface area is 76.3 Å². The van der Waals surface area contributed by atoms with Crippen molar-refractivity contribution in [2.45, 2.75) is 45.2 Å². The summed E-state index contributed by atoms with van der Waals surface area (Å²) in [6, 6.07) is 0.627. The Balaban J connectivity index is 2.15. The zero-order valence-corrected chi connectivity index (χ0v) is 8.85. The van der Waals surface area contributed by atoms with Gasteiger partial charge in [-0.3, -0.25) is 0 Å². The summed E-state index contributed by atoms with van der Waals surface area (Å²) in [5, 5.41) is 3.65. The minimum Gasteiger partial charge on any atom is -0.308 e. The van der Waals surface area contributed by atoms with E-state index in [0.717, 1.165) is 13.1 Å². The summed E-state index contributed by atoms with van der Waals surface area (Å²) in [6.07, 6.45) is 2.71. The molecule has 2 heteroatoms. The summed E-state index contributed by atoms with van der Waals surface area (Å²) in [6.45, 7) is 9.09. The molecule has 72 valence electrons. The lowest BCUT2D eigenvalue weighted by Crippen LogP contribution is -2.42. The molecule has 1 atom stereocenters. The van der Waals surface area contributed by atoms with Gasteiger partial charge >= 0.3 is 0 Å². The Morgan fingerprint density at radius 3 is 2.50 bits per heavy atom. The van der Waals surface area contributed by atoms with Gasteiger partial charge in [0.1, 0.15) is 0 Å². The summed E-state index contributed by atoms with van der Waals surface area (Å²) >= 11 is 0.